The lowest BCUT2D eigenvalue weighted by Gasteiger charge is -2.03. The van der Waals surface area contributed by atoms with Crippen LogP contribution in [0.1, 0.15) is 6.92 Å². The zero-order valence-corrected chi connectivity index (χ0v) is 6.51. The summed E-state index contributed by atoms with van der Waals surface area (Å²) in [6.07, 6.45) is 1.72. The Morgan fingerprint density at radius 3 is 2.62 bits per heavy atom. The molecule has 0 aromatic carbocycles. The van der Waals surface area contributed by atoms with Gasteiger partial charge in [-0.1, -0.05) is 23.5 Å². The molecule has 1 heterocycles. The highest BCUT2D eigenvalue weighted by Crippen LogP contribution is 2.47. The van der Waals surface area contributed by atoms with Gasteiger partial charge in [-0.15, -0.1) is 0 Å². The Labute approximate surface area is 54.5 Å². The molecule has 3 heteroatoms. The highest BCUT2D eigenvalue weighted by Gasteiger charge is 2.17. The molecule has 0 spiro atoms. The second kappa shape index (κ2) is 1.94. The fraction of sp³-hybridized carbons (Fsp3) is 0.600. The molecule has 1 unspecified atom stereocenters. The van der Waals surface area contributed by atoms with Crippen LogP contribution in [0, 0.1) is 0 Å². The van der Waals surface area contributed by atoms with Crippen molar-refractivity contribution >= 4 is 18.1 Å². The molecule has 1 aliphatic rings. The van der Waals surface area contributed by atoms with E-state index in [4.69, 9.17) is 11.8 Å². The van der Waals surface area contributed by atoms with E-state index in [1.807, 2.05) is 13.0 Å². The standard InChI is InChI=1S/C5H9OPS/c1-5-2-3-7(6,8)4-5/h2H,3-4H2,1H3,(H,6,8). The molecular weight excluding hydrogens is 139 g/mol. The maximum absolute atomic E-state index is 9.24. The first-order valence-corrected chi connectivity index (χ1v) is 5.69. The second-order valence-corrected chi connectivity index (χ2v) is 6.65. The summed E-state index contributed by atoms with van der Waals surface area (Å²) in [6.45, 7) is 2.02. The van der Waals surface area contributed by atoms with Crippen molar-refractivity contribution in [1.29, 1.82) is 0 Å². The smallest absolute Gasteiger partial charge is 0.0710 e. The van der Waals surface area contributed by atoms with Crippen molar-refractivity contribution in [3.63, 3.8) is 0 Å². The van der Waals surface area contributed by atoms with Gasteiger partial charge in [-0.2, -0.15) is 0 Å². The van der Waals surface area contributed by atoms with Crippen LogP contribution in [0.3, 0.4) is 0 Å². The molecule has 0 amide bonds. The molecule has 0 saturated carbocycles. The molecule has 0 radical (unpaired) electrons. The fourth-order valence-electron chi connectivity index (χ4n) is 0.817. The Bertz CT molecular complexity index is 173. The monoisotopic (exact) mass is 148 g/mol. The van der Waals surface area contributed by atoms with Crippen LogP contribution >= 0.6 is 6.26 Å². The quantitative estimate of drug-likeness (QED) is 0.413. The summed E-state index contributed by atoms with van der Waals surface area (Å²) in [5.74, 6) is 0. The van der Waals surface area contributed by atoms with Gasteiger partial charge in [-0.25, -0.2) is 0 Å². The minimum Gasteiger partial charge on any atom is -0.365 e. The van der Waals surface area contributed by atoms with Gasteiger partial charge in [0, 0.05) is 12.3 Å². The molecular formula is C5H9OPS. The zero-order chi connectivity index (χ0) is 6.20. The third-order valence-electron chi connectivity index (χ3n) is 1.22. The number of rotatable bonds is 0. The molecule has 0 aliphatic carbocycles. The Hall–Kier alpha value is 0.350. The number of hydrogen-bond donors (Lipinski definition) is 1. The van der Waals surface area contributed by atoms with Crippen LogP contribution in [-0.2, 0) is 11.8 Å². The molecule has 1 nitrogen and oxygen atoms in total. The van der Waals surface area contributed by atoms with E-state index in [1.54, 1.807) is 0 Å². The molecule has 1 rings (SSSR count). The molecule has 8 heavy (non-hydrogen) atoms. The molecule has 0 saturated heterocycles. The molecule has 46 valence electrons. The summed E-state index contributed by atoms with van der Waals surface area (Å²) in [5, 5.41) is 0. The summed E-state index contributed by atoms with van der Waals surface area (Å²) in [7, 11) is 0. The minimum atomic E-state index is -1.86. The lowest BCUT2D eigenvalue weighted by atomic mass is 10.3. The topological polar surface area (TPSA) is 20.2 Å². The molecule has 0 aromatic rings. The van der Waals surface area contributed by atoms with Gasteiger partial charge in [0.1, 0.15) is 0 Å². The third-order valence-corrected chi connectivity index (χ3v) is 3.80. The Balaban J connectivity index is 2.69. The van der Waals surface area contributed by atoms with E-state index >= 15 is 0 Å². The first-order chi connectivity index (χ1) is 3.60. The van der Waals surface area contributed by atoms with Crippen LogP contribution in [0.15, 0.2) is 11.6 Å². The molecule has 0 fully saturated rings. The maximum atomic E-state index is 9.24. The highest BCUT2D eigenvalue weighted by molar-refractivity contribution is 8.12. The van der Waals surface area contributed by atoms with Gasteiger partial charge in [0.25, 0.3) is 0 Å². The Kier molecular flexibility index (Phi) is 1.57. The second-order valence-electron chi connectivity index (χ2n) is 2.24. The van der Waals surface area contributed by atoms with Crippen molar-refractivity contribution in [2.24, 2.45) is 0 Å². The zero-order valence-electron chi connectivity index (χ0n) is 4.79. The molecule has 0 aromatic heterocycles. The minimum absolute atomic E-state index is 0.758. The van der Waals surface area contributed by atoms with Crippen LogP contribution < -0.4 is 0 Å². The number of allylic oxidation sites excluding steroid dienone is 2. The van der Waals surface area contributed by atoms with E-state index in [9.17, 15) is 4.89 Å². The van der Waals surface area contributed by atoms with E-state index < -0.39 is 6.26 Å². The van der Waals surface area contributed by atoms with E-state index in [1.165, 1.54) is 5.57 Å². The average Bonchev–Trinajstić information content (AvgIpc) is 1.82. The van der Waals surface area contributed by atoms with Crippen LogP contribution in [0.2, 0.25) is 0 Å². The lowest BCUT2D eigenvalue weighted by Crippen LogP contribution is -1.80. The van der Waals surface area contributed by atoms with Crippen molar-refractivity contribution < 1.29 is 4.89 Å². The van der Waals surface area contributed by atoms with E-state index in [-0.39, 0.29) is 0 Å². The maximum Gasteiger partial charge on any atom is 0.0710 e. The normalized spacial score (nSPS) is 37.5. The Morgan fingerprint density at radius 2 is 2.50 bits per heavy atom. The van der Waals surface area contributed by atoms with Gasteiger partial charge in [-0.05, 0) is 6.92 Å². The van der Waals surface area contributed by atoms with E-state index in [0.717, 1.165) is 12.3 Å². The summed E-state index contributed by atoms with van der Waals surface area (Å²) in [4.78, 5) is 9.24. The highest BCUT2D eigenvalue weighted by atomic mass is 32.4. The summed E-state index contributed by atoms with van der Waals surface area (Å²) < 4.78 is 0. The molecule has 0 bridgehead atoms. The summed E-state index contributed by atoms with van der Waals surface area (Å²) in [5.41, 5.74) is 1.26. The Morgan fingerprint density at radius 1 is 1.88 bits per heavy atom. The molecule has 1 N–H and O–H groups in total. The van der Waals surface area contributed by atoms with Gasteiger partial charge in [0.2, 0.25) is 0 Å². The van der Waals surface area contributed by atoms with Crippen molar-refractivity contribution in [2.45, 2.75) is 6.92 Å². The molecule has 1 atom stereocenters. The van der Waals surface area contributed by atoms with Crippen molar-refractivity contribution in [3.8, 4) is 0 Å². The van der Waals surface area contributed by atoms with E-state index in [2.05, 4.69) is 0 Å². The predicted molar refractivity (Wildman–Crippen MR) is 40.0 cm³/mol. The van der Waals surface area contributed by atoms with Crippen molar-refractivity contribution in [1.82, 2.24) is 0 Å². The predicted octanol–water partition coefficient (Wildman–Crippen LogP) is 1.33. The van der Waals surface area contributed by atoms with Gasteiger partial charge in [0.15, 0.2) is 0 Å². The van der Waals surface area contributed by atoms with Gasteiger partial charge in [0.05, 0.1) is 6.26 Å². The largest absolute Gasteiger partial charge is 0.365 e. The van der Waals surface area contributed by atoms with Crippen molar-refractivity contribution in [3.05, 3.63) is 11.6 Å². The fourth-order valence-corrected chi connectivity index (χ4v) is 3.29. The van der Waals surface area contributed by atoms with Gasteiger partial charge in [-0.3, -0.25) is 0 Å². The first-order valence-electron chi connectivity index (χ1n) is 2.57. The van der Waals surface area contributed by atoms with E-state index in [0.29, 0.717) is 0 Å². The van der Waals surface area contributed by atoms with Crippen LogP contribution in [0.4, 0.5) is 0 Å². The van der Waals surface area contributed by atoms with Gasteiger partial charge < -0.3 is 4.89 Å². The van der Waals surface area contributed by atoms with Crippen LogP contribution in [0.5, 0.6) is 0 Å². The van der Waals surface area contributed by atoms with Crippen LogP contribution in [0.25, 0.3) is 0 Å². The average molecular weight is 148 g/mol. The summed E-state index contributed by atoms with van der Waals surface area (Å²) >= 11 is 4.90. The SMILES string of the molecule is CC1=CCP(O)(=S)C1. The van der Waals surface area contributed by atoms with Crippen molar-refractivity contribution in [2.75, 3.05) is 12.3 Å². The van der Waals surface area contributed by atoms with Crippen LogP contribution in [-0.4, -0.2) is 17.2 Å². The van der Waals surface area contributed by atoms with Gasteiger partial charge >= 0.3 is 0 Å². The molecule has 1 aliphatic heterocycles. The lowest BCUT2D eigenvalue weighted by molar-refractivity contribution is 0.629. The number of hydrogen-bond acceptors (Lipinski definition) is 1. The third kappa shape index (κ3) is 1.41. The summed E-state index contributed by atoms with van der Waals surface area (Å²) in [6, 6.07) is 0. The first kappa shape index (κ1) is 6.47.